The number of nitro groups is 1. The molecule has 0 aliphatic rings. The molecule has 0 atom stereocenters. The molecular weight excluding hydrogens is 296 g/mol. The van der Waals surface area contributed by atoms with Gasteiger partial charge >= 0.3 is 0 Å². The molecule has 21 heavy (non-hydrogen) atoms. The first-order valence-corrected chi connectivity index (χ1v) is 6.33. The summed E-state index contributed by atoms with van der Waals surface area (Å²) in [6.07, 6.45) is 1.51. The monoisotopic (exact) mass is 306 g/mol. The van der Waals surface area contributed by atoms with Gasteiger partial charge < -0.3 is 10.6 Å². The number of anilines is 2. The van der Waals surface area contributed by atoms with Crippen LogP contribution in [0.4, 0.5) is 17.1 Å². The number of carbonyl (C=O) groups is 1. The summed E-state index contributed by atoms with van der Waals surface area (Å²) in [5.74, 6) is -0.337. The van der Waals surface area contributed by atoms with Gasteiger partial charge in [0.25, 0.3) is 5.69 Å². The molecule has 7 nitrogen and oxygen atoms in total. The molecule has 2 aromatic rings. The molecule has 0 aliphatic heterocycles. The Balaban J connectivity index is 1.94. The summed E-state index contributed by atoms with van der Waals surface area (Å²) < 4.78 is 0. The van der Waals surface area contributed by atoms with Crippen LogP contribution in [0.2, 0.25) is 5.15 Å². The third-order valence-corrected chi connectivity index (χ3v) is 2.84. The smallest absolute Gasteiger partial charge is 0.271 e. The number of aromatic nitrogens is 1. The molecular formula is C13H11ClN4O3. The lowest BCUT2D eigenvalue weighted by Crippen LogP contribution is -2.22. The van der Waals surface area contributed by atoms with Crippen molar-refractivity contribution >= 4 is 34.6 Å². The van der Waals surface area contributed by atoms with Crippen LogP contribution in [0.25, 0.3) is 0 Å². The highest BCUT2D eigenvalue weighted by molar-refractivity contribution is 6.32. The first-order chi connectivity index (χ1) is 10.1. The standard InChI is InChI=1S/C13H11ClN4O3/c14-13-11(5-2-6-15-13)17-12(19)8-16-9-3-1-4-10(7-9)18(20)21/h1-7,16H,8H2,(H,17,19). The lowest BCUT2D eigenvalue weighted by Gasteiger charge is -2.08. The average Bonchev–Trinajstić information content (AvgIpc) is 2.48. The molecule has 1 heterocycles. The fourth-order valence-corrected chi connectivity index (χ4v) is 1.75. The number of nitrogens with one attached hydrogen (secondary N) is 2. The summed E-state index contributed by atoms with van der Waals surface area (Å²) in [7, 11) is 0. The fraction of sp³-hybridized carbons (Fsp3) is 0.0769. The number of hydrogen-bond donors (Lipinski definition) is 2. The molecule has 0 fully saturated rings. The van der Waals surface area contributed by atoms with E-state index in [2.05, 4.69) is 15.6 Å². The van der Waals surface area contributed by atoms with Crippen molar-refractivity contribution in [1.29, 1.82) is 0 Å². The molecule has 2 N–H and O–H groups in total. The van der Waals surface area contributed by atoms with Gasteiger partial charge in [-0.1, -0.05) is 17.7 Å². The lowest BCUT2D eigenvalue weighted by atomic mass is 10.3. The van der Waals surface area contributed by atoms with Crippen LogP contribution in [0.3, 0.4) is 0 Å². The van der Waals surface area contributed by atoms with E-state index in [0.717, 1.165) is 0 Å². The number of pyridine rings is 1. The van der Waals surface area contributed by atoms with Gasteiger partial charge in [-0.25, -0.2) is 4.98 Å². The predicted molar refractivity (Wildman–Crippen MR) is 79.5 cm³/mol. The van der Waals surface area contributed by atoms with Crippen molar-refractivity contribution in [2.24, 2.45) is 0 Å². The van der Waals surface area contributed by atoms with Crippen LogP contribution in [0.1, 0.15) is 0 Å². The largest absolute Gasteiger partial charge is 0.376 e. The van der Waals surface area contributed by atoms with Crippen molar-refractivity contribution in [1.82, 2.24) is 4.98 Å². The molecule has 108 valence electrons. The van der Waals surface area contributed by atoms with E-state index >= 15 is 0 Å². The second-order valence-corrected chi connectivity index (χ2v) is 4.41. The predicted octanol–water partition coefficient (Wildman–Crippen LogP) is 2.69. The average molecular weight is 307 g/mol. The summed E-state index contributed by atoms with van der Waals surface area (Å²) >= 11 is 5.82. The quantitative estimate of drug-likeness (QED) is 0.503. The SMILES string of the molecule is O=C(CNc1cccc([N+](=O)[O-])c1)Nc1cccnc1Cl. The highest BCUT2D eigenvalue weighted by atomic mass is 35.5. The first-order valence-electron chi connectivity index (χ1n) is 5.95. The Bertz CT molecular complexity index is 678. The van der Waals surface area contributed by atoms with Gasteiger partial charge in [0, 0.05) is 24.0 Å². The van der Waals surface area contributed by atoms with Crippen LogP contribution < -0.4 is 10.6 Å². The highest BCUT2D eigenvalue weighted by Crippen LogP contribution is 2.18. The van der Waals surface area contributed by atoms with Gasteiger partial charge in [-0.2, -0.15) is 0 Å². The van der Waals surface area contributed by atoms with Crippen molar-refractivity contribution < 1.29 is 9.72 Å². The van der Waals surface area contributed by atoms with Crippen LogP contribution in [0, 0.1) is 10.1 Å². The highest BCUT2D eigenvalue weighted by Gasteiger charge is 2.08. The van der Waals surface area contributed by atoms with Crippen molar-refractivity contribution in [3.8, 4) is 0 Å². The van der Waals surface area contributed by atoms with Gasteiger partial charge in [0.15, 0.2) is 5.15 Å². The van der Waals surface area contributed by atoms with E-state index in [1.54, 1.807) is 18.2 Å². The maximum Gasteiger partial charge on any atom is 0.271 e. The number of non-ortho nitro benzene ring substituents is 1. The van der Waals surface area contributed by atoms with Crippen molar-refractivity contribution in [2.75, 3.05) is 17.2 Å². The summed E-state index contributed by atoms with van der Waals surface area (Å²) in [6, 6.07) is 9.18. The Morgan fingerprint density at radius 2 is 2.14 bits per heavy atom. The van der Waals surface area contributed by atoms with Crippen molar-refractivity contribution in [3.63, 3.8) is 0 Å². The van der Waals surface area contributed by atoms with E-state index in [1.807, 2.05) is 0 Å². The zero-order chi connectivity index (χ0) is 15.2. The Labute approximate surface area is 125 Å². The normalized spacial score (nSPS) is 9.95. The Morgan fingerprint density at radius 1 is 1.33 bits per heavy atom. The van der Waals surface area contributed by atoms with Crippen LogP contribution in [0.5, 0.6) is 0 Å². The number of benzene rings is 1. The molecule has 0 saturated heterocycles. The topological polar surface area (TPSA) is 97.2 Å². The molecule has 8 heteroatoms. The van der Waals surface area contributed by atoms with E-state index in [4.69, 9.17) is 11.6 Å². The zero-order valence-corrected chi connectivity index (χ0v) is 11.5. The molecule has 2 rings (SSSR count). The summed E-state index contributed by atoms with van der Waals surface area (Å²) in [4.78, 5) is 25.7. The van der Waals surface area contributed by atoms with Gasteiger partial charge in [0.05, 0.1) is 17.2 Å². The van der Waals surface area contributed by atoms with E-state index in [9.17, 15) is 14.9 Å². The number of amides is 1. The third-order valence-electron chi connectivity index (χ3n) is 2.54. The van der Waals surface area contributed by atoms with Crippen LogP contribution in [-0.4, -0.2) is 22.4 Å². The number of carbonyl (C=O) groups excluding carboxylic acids is 1. The molecule has 0 aliphatic carbocycles. The summed E-state index contributed by atoms with van der Waals surface area (Å²) in [5, 5.41) is 16.2. The number of rotatable bonds is 5. The van der Waals surface area contributed by atoms with Gasteiger partial charge in [-0.15, -0.1) is 0 Å². The molecule has 0 radical (unpaired) electrons. The lowest BCUT2D eigenvalue weighted by molar-refractivity contribution is -0.384. The Kier molecular flexibility index (Phi) is 4.68. The second-order valence-electron chi connectivity index (χ2n) is 4.05. The number of nitro benzene ring substituents is 1. The maximum absolute atomic E-state index is 11.8. The minimum atomic E-state index is -0.499. The van der Waals surface area contributed by atoms with E-state index in [-0.39, 0.29) is 23.3 Å². The first kappa shape index (κ1) is 14.7. The molecule has 0 saturated carbocycles. The Hall–Kier alpha value is -2.67. The van der Waals surface area contributed by atoms with E-state index in [0.29, 0.717) is 11.4 Å². The van der Waals surface area contributed by atoms with Gasteiger partial charge in [0.1, 0.15) is 0 Å². The van der Waals surface area contributed by atoms with Gasteiger partial charge in [-0.05, 0) is 18.2 Å². The number of hydrogen-bond acceptors (Lipinski definition) is 5. The summed E-state index contributed by atoms with van der Waals surface area (Å²) in [5.41, 5.74) is 0.845. The fourth-order valence-electron chi connectivity index (χ4n) is 1.59. The van der Waals surface area contributed by atoms with Crippen LogP contribution >= 0.6 is 11.6 Å². The summed E-state index contributed by atoms with van der Waals surface area (Å²) in [6.45, 7) is -0.0492. The number of halogens is 1. The molecule has 1 aromatic carbocycles. The van der Waals surface area contributed by atoms with Gasteiger partial charge in [0.2, 0.25) is 5.91 Å². The zero-order valence-electron chi connectivity index (χ0n) is 10.7. The van der Waals surface area contributed by atoms with Crippen LogP contribution in [-0.2, 0) is 4.79 Å². The minimum absolute atomic E-state index is 0.0456. The third kappa shape index (κ3) is 4.15. The Morgan fingerprint density at radius 3 is 2.86 bits per heavy atom. The van der Waals surface area contributed by atoms with E-state index < -0.39 is 4.92 Å². The molecule has 1 amide bonds. The molecule has 1 aromatic heterocycles. The molecule has 0 spiro atoms. The second kappa shape index (κ2) is 6.67. The van der Waals surface area contributed by atoms with Crippen LogP contribution in [0.15, 0.2) is 42.6 Å². The van der Waals surface area contributed by atoms with Crippen molar-refractivity contribution in [2.45, 2.75) is 0 Å². The number of nitrogens with zero attached hydrogens (tertiary/aromatic N) is 2. The van der Waals surface area contributed by atoms with Gasteiger partial charge in [-0.3, -0.25) is 14.9 Å². The van der Waals surface area contributed by atoms with Crippen molar-refractivity contribution in [3.05, 3.63) is 57.9 Å². The molecule has 0 bridgehead atoms. The minimum Gasteiger partial charge on any atom is -0.376 e. The molecule has 0 unspecified atom stereocenters. The van der Waals surface area contributed by atoms with E-state index in [1.165, 1.54) is 24.4 Å². The maximum atomic E-state index is 11.8.